The third-order valence-electron chi connectivity index (χ3n) is 6.79. The number of allylic oxidation sites excluding steroid dienone is 2. The minimum Gasteiger partial charge on any atom is -0.436 e. The number of carbonyl (C=O) groups is 4. The van der Waals surface area contributed by atoms with Crippen molar-refractivity contribution in [2.24, 2.45) is 5.73 Å². The number of rotatable bonds is 5. The molecule has 13 heteroatoms. The van der Waals surface area contributed by atoms with Crippen molar-refractivity contribution in [1.82, 2.24) is 19.7 Å². The molecule has 4 amide bonds. The van der Waals surface area contributed by atoms with Gasteiger partial charge in [-0.1, -0.05) is 25.0 Å². The topological polar surface area (TPSA) is 177 Å². The van der Waals surface area contributed by atoms with Crippen LogP contribution in [0.15, 0.2) is 12.2 Å². The summed E-state index contributed by atoms with van der Waals surface area (Å²) in [5.41, 5.74) is 5.18. The highest BCUT2D eigenvalue weighted by atomic mass is 32.2. The molecule has 202 valence electrons. The molecule has 3 aliphatic rings. The Labute approximate surface area is 211 Å². The molecule has 1 saturated carbocycles. The van der Waals surface area contributed by atoms with E-state index in [0.29, 0.717) is 51.5 Å². The molecular weight excluding hydrogens is 490 g/mol. The standard InChI is InChI=1S/C23H37N5O7S/c24-23(32)35-19-14-7-5-3-1-2-4-6-12-17(20(29)27-36(33,34)26-16-10-8-11-16)25-21(30)18-13-9-15-28(18)22(19)31/h2,4,16-19,26H,1,3,5-15H2,(H2,24,32)(H,25,30)(H,27,29). The molecule has 0 aromatic heterocycles. The van der Waals surface area contributed by atoms with E-state index < -0.39 is 52.2 Å². The Morgan fingerprint density at radius 3 is 2.42 bits per heavy atom. The monoisotopic (exact) mass is 527 g/mol. The highest BCUT2D eigenvalue weighted by molar-refractivity contribution is 7.88. The van der Waals surface area contributed by atoms with Gasteiger partial charge in [-0.3, -0.25) is 14.4 Å². The second-order valence-corrected chi connectivity index (χ2v) is 11.0. The number of hydrogen-bond acceptors (Lipinski definition) is 7. The Morgan fingerprint density at radius 2 is 1.72 bits per heavy atom. The fraction of sp³-hybridized carbons (Fsp3) is 0.739. The van der Waals surface area contributed by atoms with Crippen LogP contribution in [0.5, 0.6) is 0 Å². The van der Waals surface area contributed by atoms with E-state index in [4.69, 9.17) is 10.5 Å². The van der Waals surface area contributed by atoms with E-state index >= 15 is 0 Å². The average Bonchev–Trinajstić information content (AvgIpc) is 3.27. The van der Waals surface area contributed by atoms with Gasteiger partial charge < -0.3 is 20.7 Å². The number of fused-ring (bicyclic) bond motifs is 1. The molecule has 0 spiro atoms. The summed E-state index contributed by atoms with van der Waals surface area (Å²) >= 11 is 0. The molecule has 5 N–H and O–H groups in total. The molecule has 0 aromatic rings. The van der Waals surface area contributed by atoms with E-state index in [0.717, 1.165) is 25.7 Å². The maximum Gasteiger partial charge on any atom is 0.405 e. The van der Waals surface area contributed by atoms with Crippen molar-refractivity contribution in [3.63, 3.8) is 0 Å². The molecule has 2 aliphatic heterocycles. The lowest BCUT2D eigenvalue weighted by Crippen LogP contribution is -2.56. The predicted molar refractivity (Wildman–Crippen MR) is 130 cm³/mol. The van der Waals surface area contributed by atoms with Gasteiger partial charge in [-0.05, 0) is 64.2 Å². The van der Waals surface area contributed by atoms with E-state index in [-0.39, 0.29) is 12.5 Å². The fourth-order valence-corrected chi connectivity index (χ4v) is 5.78. The highest BCUT2D eigenvalue weighted by Gasteiger charge is 2.39. The van der Waals surface area contributed by atoms with Crippen molar-refractivity contribution in [3.8, 4) is 0 Å². The van der Waals surface area contributed by atoms with Crippen LogP contribution in [0.3, 0.4) is 0 Å². The van der Waals surface area contributed by atoms with Crippen molar-refractivity contribution in [1.29, 1.82) is 0 Å². The first-order valence-corrected chi connectivity index (χ1v) is 14.2. The van der Waals surface area contributed by atoms with Gasteiger partial charge in [0.2, 0.25) is 5.91 Å². The molecule has 0 radical (unpaired) electrons. The number of nitrogens with zero attached hydrogens (tertiary/aromatic N) is 1. The number of ether oxygens (including phenoxy) is 1. The van der Waals surface area contributed by atoms with E-state index in [1.54, 1.807) is 0 Å². The molecular formula is C23H37N5O7S. The Balaban J connectivity index is 1.75. The van der Waals surface area contributed by atoms with Crippen molar-refractivity contribution in [2.75, 3.05) is 6.54 Å². The van der Waals surface area contributed by atoms with Crippen LogP contribution in [0.2, 0.25) is 0 Å². The summed E-state index contributed by atoms with van der Waals surface area (Å²) < 4.78 is 34.3. The van der Waals surface area contributed by atoms with Crippen molar-refractivity contribution in [2.45, 2.75) is 101 Å². The second kappa shape index (κ2) is 13.0. The van der Waals surface area contributed by atoms with Crippen LogP contribution in [-0.4, -0.2) is 67.9 Å². The lowest BCUT2D eigenvalue weighted by molar-refractivity contribution is -0.146. The van der Waals surface area contributed by atoms with E-state index in [1.807, 2.05) is 16.9 Å². The smallest absolute Gasteiger partial charge is 0.405 e. The summed E-state index contributed by atoms with van der Waals surface area (Å²) in [4.78, 5) is 52.0. The highest BCUT2D eigenvalue weighted by Crippen LogP contribution is 2.22. The third kappa shape index (κ3) is 8.19. The molecule has 3 rings (SSSR count). The first-order valence-electron chi connectivity index (χ1n) is 12.7. The van der Waals surface area contributed by atoms with Gasteiger partial charge in [0.1, 0.15) is 12.1 Å². The van der Waals surface area contributed by atoms with Gasteiger partial charge in [0.15, 0.2) is 6.10 Å². The molecule has 12 nitrogen and oxygen atoms in total. The Kier molecular flexibility index (Phi) is 10.1. The maximum atomic E-state index is 13.2. The van der Waals surface area contributed by atoms with E-state index in [9.17, 15) is 27.6 Å². The number of nitrogens with one attached hydrogen (secondary N) is 3. The van der Waals surface area contributed by atoms with Crippen LogP contribution < -0.4 is 20.5 Å². The number of hydrogen-bond donors (Lipinski definition) is 4. The van der Waals surface area contributed by atoms with Gasteiger partial charge in [0.05, 0.1) is 0 Å². The molecule has 0 aromatic carbocycles. The van der Waals surface area contributed by atoms with Crippen LogP contribution in [0.1, 0.15) is 77.0 Å². The van der Waals surface area contributed by atoms with Crippen molar-refractivity contribution in [3.05, 3.63) is 12.2 Å². The van der Waals surface area contributed by atoms with E-state index in [1.165, 1.54) is 4.90 Å². The van der Waals surface area contributed by atoms with Crippen LogP contribution >= 0.6 is 0 Å². The molecule has 1 aliphatic carbocycles. The van der Waals surface area contributed by atoms with Gasteiger partial charge >= 0.3 is 16.3 Å². The lowest BCUT2D eigenvalue weighted by Gasteiger charge is -2.29. The van der Waals surface area contributed by atoms with E-state index in [2.05, 4.69) is 10.0 Å². The largest absolute Gasteiger partial charge is 0.436 e. The summed E-state index contributed by atoms with van der Waals surface area (Å²) in [5.74, 6) is -1.89. The summed E-state index contributed by atoms with van der Waals surface area (Å²) in [5, 5.41) is 2.65. The van der Waals surface area contributed by atoms with Crippen LogP contribution in [0.25, 0.3) is 0 Å². The zero-order valence-electron chi connectivity index (χ0n) is 20.4. The minimum atomic E-state index is -4.07. The molecule has 2 heterocycles. The number of carbonyl (C=O) groups excluding carboxylic acids is 4. The minimum absolute atomic E-state index is 0.196. The van der Waals surface area contributed by atoms with Crippen molar-refractivity contribution >= 4 is 34.0 Å². The van der Waals surface area contributed by atoms with Crippen LogP contribution in [0, 0.1) is 0 Å². The van der Waals surface area contributed by atoms with Gasteiger partial charge in [0, 0.05) is 12.6 Å². The molecule has 1 saturated heterocycles. The fourth-order valence-electron chi connectivity index (χ4n) is 4.64. The molecule has 2 fully saturated rings. The summed E-state index contributed by atoms with van der Waals surface area (Å²) in [6, 6.07) is -2.17. The van der Waals surface area contributed by atoms with Gasteiger partial charge in [-0.15, -0.1) is 0 Å². The Hall–Kier alpha value is -2.67. The SMILES string of the molecule is NC(=O)OC1CCCCCC=CCCC(C(=O)NS(=O)(=O)NC2CCC2)NC(=O)C2CCCN2C1=O. The predicted octanol–water partition coefficient (Wildman–Crippen LogP) is 0.730. The molecule has 36 heavy (non-hydrogen) atoms. The van der Waals surface area contributed by atoms with Crippen LogP contribution in [0.4, 0.5) is 4.79 Å². The van der Waals surface area contributed by atoms with Gasteiger partial charge in [-0.25, -0.2) is 9.52 Å². The Morgan fingerprint density at radius 1 is 0.972 bits per heavy atom. The third-order valence-corrected chi connectivity index (χ3v) is 7.91. The number of nitrogens with two attached hydrogens (primary N) is 1. The maximum absolute atomic E-state index is 13.2. The second-order valence-electron chi connectivity index (χ2n) is 9.58. The summed E-state index contributed by atoms with van der Waals surface area (Å²) in [7, 11) is -4.07. The molecule has 0 bridgehead atoms. The normalized spacial score (nSPS) is 27.0. The zero-order chi connectivity index (χ0) is 26.1. The lowest BCUT2D eigenvalue weighted by atomic mass is 9.94. The Bertz CT molecular complexity index is 950. The van der Waals surface area contributed by atoms with Gasteiger partial charge in [0.25, 0.3) is 11.8 Å². The molecule has 3 unspecified atom stereocenters. The summed E-state index contributed by atoms with van der Waals surface area (Å²) in [6.07, 6.45) is 9.12. The van der Waals surface area contributed by atoms with Crippen LogP contribution in [-0.2, 0) is 29.3 Å². The average molecular weight is 528 g/mol. The summed E-state index contributed by atoms with van der Waals surface area (Å²) in [6.45, 7) is 0.300. The van der Waals surface area contributed by atoms with Crippen molar-refractivity contribution < 1.29 is 32.3 Å². The molecule has 3 atom stereocenters. The first-order chi connectivity index (χ1) is 17.2. The zero-order valence-corrected chi connectivity index (χ0v) is 21.3. The number of primary amides is 1. The first kappa shape index (κ1) is 27.9. The quantitative estimate of drug-likeness (QED) is 0.381. The van der Waals surface area contributed by atoms with Gasteiger partial charge in [-0.2, -0.15) is 13.1 Å². The number of amides is 4.